The number of hydrogen-bond donors (Lipinski definition) is 0. The molecule has 0 saturated heterocycles. The van der Waals surface area contributed by atoms with E-state index in [0.717, 1.165) is 15.6 Å². The number of halogens is 2. The molecule has 4 heteroatoms. The van der Waals surface area contributed by atoms with Crippen LogP contribution in [-0.4, -0.2) is 7.11 Å². The Labute approximate surface area is 96.2 Å². The summed E-state index contributed by atoms with van der Waals surface area (Å²) in [5.41, 5.74) is 1.10. The lowest BCUT2D eigenvalue weighted by Gasteiger charge is -2.01. The molecule has 0 unspecified atom stereocenters. The Morgan fingerprint density at radius 2 is 2.14 bits per heavy atom. The average Bonchev–Trinajstić information content (AvgIpc) is 2.57. The maximum atomic E-state index is 6.13. The Morgan fingerprint density at radius 3 is 2.86 bits per heavy atom. The molecule has 1 aromatic heterocycles. The van der Waals surface area contributed by atoms with E-state index < -0.39 is 0 Å². The highest BCUT2D eigenvalue weighted by Crippen LogP contribution is 2.36. The fourth-order valence-electron chi connectivity index (χ4n) is 1.39. The molecule has 0 aliphatic heterocycles. The summed E-state index contributed by atoms with van der Waals surface area (Å²) in [5.74, 6) is 0. The third-order valence-electron chi connectivity index (χ3n) is 2.01. The van der Waals surface area contributed by atoms with Crippen molar-refractivity contribution in [3.63, 3.8) is 0 Å². The van der Waals surface area contributed by atoms with Crippen molar-refractivity contribution >= 4 is 44.6 Å². The zero-order valence-corrected chi connectivity index (χ0v) is 9.84. The largest absolute Gasteiger partial charge is 0.380 e. The quantitative estimate of drug-likeness (QED) is 0.766. The highest BCUT2D eigenvalue weighted by atomic mass is 35.5. The molecular weight excluding hydrogens is 239 g/mol. The fourth-order valence-corrected chi connectivity index (χ4v) is 2.84. The molecule has 1 nitrogen and oxygen atoms in total. The number of methoxy groups -OCH3 is 1. The maximum absolute atomic E-state index is 6.13. The molecule has 0 bridgehead atoms. The van der Waals surface area contributed by atoms with Gasteiger partial charge in [-0.05, 0) is 23.1 Å². The number of benzene rings is 1. The molecule has 0 aliphatic rings. The lowest BCUT2D eigenvalue weighted by molar-refractivity contribution is 0.186. The van der Waals surface area contributed by atoms with Crippen LogP contribution >= 0.6 is 34.5 Å². The van der Waals surface area contributed by atoms with E-state index in [4.69, 9.17) is 27.9 Å². The van der Waals surface area contributed by atoms with Crippen LogP contribution in [-0.2, 0) is 11.3 Å². The number of ether oxygens (including phenoxy) is 1. The first-order valence-corrected chi connectivity index (χ1v) is 5.70. The molecule has 0 radical (unpaired) electrons. The van der Waals surface area contributed by atoms with Crippen molar-refractivity contribution in [2.24, 2.45) is 0 Å². The summed E-state index contributed by atoms with van der Waals surface area (Å²) in [6.07, 6.45) is 0. The number of hydrogen-bond acceptors (Lipinski definition) is 2. The van der Waals surface area contributed by atoms with E-state index in [1.54, 1.807) is 18.4 Å². The van der Waals surface area contributed by atoms with Crippen molar-refractivity contribution < 1.29 is 4.74 Å². The van der Waals surface area contributed by atoms with Gasteiger partial charge in [0.05, 0.1) is 16.7 Å². The van der Waals surface area contributed by atoms with E-state index in [-0.39, 0.29) is 0 Å². The molecule has 14 heavy (non-hydrogen) atoms. The second kappa shape index (κ2) is 4.07. The first-order chi connectivity index (χ1) is 6.74. The second-order valence-corrected chi connectivity index (χ2v) is 4.62. The summed E-state index contributed by atoms with van der Waals surface area (Å²) in [5, 5.41) is 4.29. The van der Waals surface area contributed by atoms with Crippen molar-refractivity contribution in [1.29, 1.82) is 0 Å². The van der Waals surface area contributed by atoms with E-state index in [9.17, 15) is 0 Å². The molecule has 1 heterocycles. The van der Waals surface area contributed by atoms with Gasteiger partial charge in [-0.1, -0.05) is 23.2 Å². The summed E-state index contributed by atoms with van der Waals surface area (Å²) in [6.45, 7) is 0.570. The number of thiophene rings is 1. The smallest absolute Gasteiger partial charge is 0.0727 e. The van der Waals surface area contributed by atoms with E-state index in [0.29, 0.717) is 16.7 Å². The van der Waals surface area contributed by atoms with Crippen LogP contribution in [0.4, 0.5) is 0 Å². The molecule has 74 valence electrons. The van der Waals surface area contributed by atoms with Crippen molar-refractivity contribution in [1.82, 2.24) is 0 Å². The molecule has 0 amide bonds. The normalized spacial score (nSPS) is 11.1. The molecule has 0 atom stereocenters. The molecule has 2 aromatic rings. The van der Waals surface area contributed by atoms with Crippen molar-refractivity contribution in [2.75, 3.05) is 7.11 Å². The Morgan fingerprint density at radius 1 is 1.36 bits per heavy atom. The van der Waals surface area contributed by atoms with Crippen LogP contribution in [0, 0.1) is 0 Å². The minimum atomic E-state index is 0.570. The predicted octanol–water partition coefficient (Wildman–Crippen LogP) is 4.35. The second-order valence-electron chi connectivity index (χ2n) is 2.93. The zero-order chi connectivity index (χ0) is 10.1. The SMILES string of the molecule is COCc1csc2ccc(Cl)c(Cl)c12. The lowest BCUT2D eigenvalue weighted by atomic mass is 10.2. The van der Waals surface area contributed by atoms with Gasteiger partial charge in [-0.2, -0.15) is 0 Å². The Balaban J connectivity index is 2.69. The number of fused-ring (bicyclic) bond motifs is 1. The third kappa shape index (κ3) is 1.63. The van der Waals surface area contributed by atoms with Crippen molar-refractivity contribution in [3.05, 3.63) is 33.1 Å². The van der Waals surface area contributed by atoms with Gasteiger partial charge < -0.3 is 4.74 Å². The van der Waals surface area contributed by atoms with Crippen molar-refractivity contribution in [2.45, 2.75) is 6.61 Å². The van der Waals surface area contributed by atoms with Crippen molar-refractivity contribution in [3.8, 4) is 0 Å². The zero-order valence-electron chi connectivity index (χ0n) is 7.51. The van der Waals surface area contributed by atoms with E-state index in [1.165, 1.54) is 0 Å². The van der Waals surface area contributed by atoms with Crippen LogP contribution in [0.2, 0.25) is 10.0 Å². The van der Waals surface area contributed by atoms with Gasteiger partial charge in [-0.3, -0.25) is 0 Å². The van der Waals surface area contributed by atoms with Gasteiger partial charge in [-0.25, -0.2) is 0 Å². The molecular formula is C10H8Cl2OS. The predicted molar refractivity (Wildman–Crippen MR) is 62.6 cm³/mol. The third-order valence-corrected chi connectivity index (χ3v) is 3.81. The maximum Gasteiger partial charge on any atom is 0.0727 e. The Hall–Kier alpha value is -0.280. The summed E-state index contributed by atoms with van der Waals surface area (Å²) >= 11 is 13.7. The molecule has 0 N–H and O–H groups in total. The summed E-state index contributed by atoms with van der Waals surface area (Å²) in [6, 6.07) is 3.80. The minimum Gasteiger partial charge on any atom is -0.380 e. The molecule has 2 rings (SSSR count). The monoisotopic (exact) mass is 246 g/mol. The van der Waals surface area contributed by atoms with Crippen LogP contribution in [0.1, 0.15) is 5.56 Å². The van der Waals surface area contributed by atoms with Gasteiger partial charge in [0.15, 0.2) is 0 Å². The summed E-state index contributed by atoms with van der Waals surface area (Å²) in [4.78, 5) is 0. The Kier molecular flexibility index (Phi) is 2.98. The van der Waals surface area contributed by atoms with Gasteiger partial charge in [0.2, 0.25) is 0 Å². The summed E-state index contributed by atoms with van der Waals surface area (Å²) in [7, 11) is 1.67. The van der Waals surface area contributed by atoms with Crippen LogP contribution < -0.4 is 0 Å². The number of rotatable bonds is 2. The Bertz CT molecular complexity index is 464. The topological polar surface area (TPSA) is 9.23 Å². The van der Waals surface area contributed by atoms with Crippen LogP contribution in [0.15, 0.2) is 17.5 Å². The molecule has 0 aliphatic carbocycles. The van der Waals surface area contributed by atoms with Gasteiger partial charge in [0.25, 0.3) is 0 Å². The van der Waals surface area contributed by atoms with Gasteiger partial charge >= 0.3 is 0 Å². The average molecular weight is 247 g/mol. The highest BCUT2D eigenvalue weighted by molar-refractivity contribution is 7.17. The standard InChI is InChI=1S/C10H8Cl2OS/c1-13-4-6-5-14-8-3-2-7(11)10(12)9(6)8/h2-3,5H,4H2,1H3. The highest BCUT2D eigenvalue weighted by Gasteiger charge is 2.10. The molecule has 1 aromatic carbocycles. The first kappa shape index (κ1) is 10.2. The van der Waals surface area contributed by atoms with E-state index in [2.05, 4.69) is 5.38 Å². The first-order valence-electron chi connectivity index (χ1n) is 4.07. The minimum absolute atomic E-state index is 0.570. The van der Waals surface area contributed by atoms with Crippen LogP contribution in [0.3, 0.4) is 0 Å². The fraction of sp³-hybridized carbons (Fsp3) is 0.200. The molecule has 0 saturated carbocycles. The van der Waals surface area contributed by atoms with Gasteiger partial charge in [0.1, 0.15) is 0 Å². The van der Waals surface area contributed by atoms with E-state index >= 15 is 0 Å². The molecule has 0 fully saturated rings. The lowest BCUT2D eigenvalue weighted by Crippen LogP contribution is -1.85. The summed E-state index contributed by atoms with van der Waals surface area (Å²) < 4.78 is 6.24. The van der Waals surface area contributed by atoms with Crippen LogP contribution in [0.25, 0.3) is 10.1 Å². The molecule has 0 spiro atoms. The van der Waals surface area contributed by atoms with Crippen LogP contribution in [0.5, 0.6) is 0 Å². The van der Waals surface area contributed by atoms with E-state index in [1.807, 2.05) is 12.1 Å². The van der Waals surface area contributed by atoms with Gasteiger partial charge in [-0.15, -0.1) is 11.3 Å². The van der Waals surface area contributed by atoms with Gasteiger partial charge in [0, 0.05) is 17.2 Å².